The van der Waals surface area contributed by atoms with Gasteiger partial charge in [0, 0.05) is 23.9 Å². The van der Waals surface area contributed by atoms with Crippen LogP contribution in [0.4, 0.5) is 24.7 Å². The Morgan fingerprint density at radius 2 is 1.81 bits per heavy atom. The summed E-state index contributed by atoms with van der Waals surface area (Å²) in [4.78, 5) is 49.7. The minimum Gasteiger partial charge on any atom is -0.493 e. The summed E-state index contributed by atoms with van der Waals surface area (Å²) in [6.45, 7) is 0.388. The quantitative estimate of drug-likeness (QED) is 0.373. The van der Waals surface area contributed by atoms with Crippen LogP contribution in [0.1, 0.15) is 55.3 Å². The molecule has 11 heteroatoms. The third kappa shape index (κ3) is 4.08. The smallest absolute Gasteiger partial charge is 0.342 e. The molecular formula is C32H30F3N4O4+. The molecule has 1 aromatic heterocycles. The highest BCUT2D eigenvalue weighted by atomic mass is 19.3. The summed E-state index contributed by atoms with van der Waals surface area (Å²) in [6.07, 6.45) is 1.55. The van der Waals surface area contributed by atoms with E-state index in [0.717, 1.165) is 5.56 Å². The lowest BCUT2D eigenvalue weighted by Gasteiger charge is -2.61. The van der Waals surface area contributed by atoms with Gasteiger partial charge < -0.3 is 4.74 Å². The molecule has 222 valence electrons. The van der Waals surface area contributed by atoms with E-state index in [1.165, 1.54) is 41.3 Å². The summed E-state index contributed by atoms with van der Waals surface area (Å²) in [5, 5.41) is 0. The van der Waals surface area contributed by atoms with Crippen molar-refractivity contribution in [1.29, 1.82) is 0 Å². The minimum absolute atomic E-state index is 0.0571. The van der Waals surface area contributed by atoms with Crippen molar-refractivity contribution in [3.05, 3.63) is 83.8 Å². The van der Waals surface area contributed by atoms with Crippen molar-refractivity contribution in [3.8, 4) is 5.75 Å². The van der Waals surface area contributed by atoms with Gasteiger partial charge in [-0.05, 0) is 42.3 Å². The number of quaternary nitrogens is 1. The molecule has 3 amide bonds. The molecule has 8 nitrogen and oxygen atoms in total. The zero-order valence-corrected chi connectivity index (χ0v) is 23.5. The van der Waals surface area contributed by atoms with Gasteiger partial charge in [0.25, 0.3) is 11.8 Å². The standard InChI is InChI=1S/C32H30F3N4O4/c1-43-26-10-5-14-36-29(26)38-24(11-12-27(38)40)30(41)37(20-7-4-6-19(33)16-20)28-23-9-3-2-8-22(23)25-13-15-39(25,31(28)42)21-17-32(34,35)18-21/h2-10,14,16,21,24-25,28H,11-13,15,17-18H2,1H3/q+1. The van der Waals surface area contributed by atoms with Crippen LogP contribution in [-0.2, 0) is 14.4 Å². The number of rotatable bonds is 6. The van der Waals surface area contributed by atoms with Gasteiger partial charge >= 0.3 is 5.91 Å². The molecule has 3 aliphatic heterocycles. The number of aromatic nitrogens is 1. The van der Waals surface area contributed by atoms with Gasteiger partial charge in [-0.25, -0.2) is 27.4 Å². The summed E-state index contributed by atoms with van der Waals surface area (Å²) in [7, 11) is 1.44. The highest BCUT2D eigenvalue weighted by molar-refractivity contribution is 6.11. The number of amides is 3. The number of nitrogens with zero attached hydrogens (tertiary/aromatic N) is 4. The normalized spacial score (nSPS) is 27.5. The summed E-state index contributed by atoms with van der Waals surface area (Å²) in [5.41, 5.74) is 1.55. The summed E-state index contributed by atoms with van der Waals surface area (Å²) >= 11 is 0. The summed E-state index contributed by atoms with van der Waals surface area (Å²) in [5.74, 6) is -4.27. The van der Waals surface area contributed by atoms with Crippen LogP contribution in [0.25, 0.3) is 0 Å². The number of halogens is 3. The Bertz CT molecular complexity index is 1640. The Labute approximate surface area is 246 Å². The van der Waals surface area contributed by atoms with Crippen LogP contribution in [0.2, 0.25) is 0 Å². The van der Waals surface area contributed by atoms with Crippen LogP contribution >= 0.6 is 0 Å². The number of hydrogen-bond acceptors (Lipinski definition) is 5. The van der Waals surface area contributed by atoms with Crippen LogP contribution in [0, 0.1) is 5.82 Å². The van der Waals surface area contributed by atoms with E-state index in [-0.39, 0.29) is 46.7 Å². The fourth-order valence-electron chi connectivity index (χ4n) is 7.55. The first kappa shape index (κ1) is 27.6. The van der Waals surface area contributed by atoms with Crippen molar-refractivity contribution >= 4 is 29.2 Å². The van der Waals surface area contributed by atoms with E-state index >= 15 is 0 Å². The molecule has 7 rings (SSSR count). The van der Waals surface area contributed by atoms with E-state index < -0.39 is 48.6 Å². The van der Waals surface area contributed by atoms with Crippen molar-refractivity contribution in [2.75, 3.05) is 23.5 Å². The number of ether oxygens (including phenoxy) is 1. The second-order valence-electron chi connectivity index (χ2n) is 11.8. The highest BCUT2D eigenvalue weighted by Gasteiger charge is 2.69. The van der Waals surface area contributed by atoms with Gasteiger partial charge in [0.1, 0.15) is 23.9 Å². The molecule has 4 aliphatic rings. The number of benzene rings is 2. The Balaban J connectivity index is 1.38. The molecule has 2 saturated heterocycles. The molecule has 0 N–H and O–H groups in total. The molecule has 0 spiro atoms. The number of fused-ring (bicyclic) bond motifs is 3. The van der Waals surface area contributed by atoms with Crippen LogP contribution in [-0.4, -0.2) is 58.8 Å². The Morgan fingerprint density at radius 1 is 1.05 bits per heavy atom. The second kappa shape index (κ2) is 9.90. The van der Waals surface area contributed by atoms with E-state index in [0.29, 0.717) is 24.3 Å². The average Bonchev–Trinajstić information content (AvgIpc) is 3.35. The molecule has 0 radical (unpaired) electrons. The van der Waals surface area contributed by atoms with E-state index in [4.69, 9.17) is 4.74 Å². The van der Waals surface area contributed by atoms with Crippen LogP contribution in [0.5, 0.6) is 5.75 Å². The predicted molar refractivity (Wildman–Crippen MR) is 150 cm³/mol. The van der Waals surface area contributed by atoms with Crippen molar-refractivity contribution < 1.29 is 36.8 Å². The first-order valence-corrected chi connectivity index (χ1v) is 14.4. The maximum absolute atomic E-state index is 14.8. The van der Waals surface area contributed by atoms with Gasteiger partial charge in [0.2, 0.25) is 5.91 Å². The summed E-state index contributed by atoms with van der Waals surface area (Å²) < 4.78 is 48.4. The number of pyridine rings is 1. The Kier molecular flexibility index (Phi) is 6.35. The molecule has 4 atom stereocenters. The topological polar surface area (TPSA) is 79.8 Å². The fraction of sp³-hybridized carbons (Fsp3) is 0.375. The fourth-order valence-corrected chi connectivity index (χ4v) is 7.55. The van der Waals surface area contributed by atoms with Gasteiger partial charge in [-0.3, -0.25) is 19.4 Å². The van der Waals surface area contributed by atoms with Gasteiger partial charge in [0.05, 0.1) is 32.9 Å². The maximum Gasteiger partial charge on any atom is 0.342 e. The van der Waals surface area contributed by atoms with Crippen molar-refractivity contribution in [2.24, 2.45) is 0 Å². The SMILES string of the molecule is COc1cccnc1N1C(=O)CCC1C(=O)N(c1cccc(F)c1)C1C(=O)[N+]2(C3CC(F)(F)C3)CCC2c2ccccc21. The molecule has 4 heterocycles. The first-order valence-electron chi connectivity index (χ1n) is 14.4. The largest absolute Gasteiger partial charge is 0.493 e. The second-order valence-corrected chi connectivity index (χ2v) is 11.8. The van der Waals surface area contributed by atoms with Gasteiger partial charge in [-0.2, -0.15) is 0 Å². The van der Waals surface area contributed by atoms with Gasteiger partial charge in [-0.1, -0.05) is 30.3 Å². The van der Waals surface area contributed by atoms with E-state index in [9.17, 15) is 27.6 Å². The zero-order valence-electron chi connectivity index (χ0n) is 23.5. The molecule has 3 aromatic rings. The van der Waals surface area contributed by atoms with E-state index in [2.05, 4.69) is 4.98 Å². The molecule has 3 fully saturated rings. The lowest BCUT2D eigenvalue weighted by molar-refractivity contribution is -0.959. The molecule has 1 aliphatic carbocycles. The number of anilines is 2. The summed E-state index contributed by atoms with van der Waals surface area (Å²) in [6, 6.07) is 12.8. The van der Waals surface area contributed by atoms with Crippen molar-refractivity contribution in [1.82, 2.24) is 4.98 Å². The molecule has 1 saturated carbocycles. The van der Waals surface area contributed by atoms with Crippen LogP contribution in [0.15, 0.2) is 66.9 Å². The average molecular weight is 592 g/mol. The lowest BCUT2D eigenvalue weighted by Crippen LogP contribution is -2.76. The number of carbonyl (C=O) groups excluding carboxylic acids is 3. The van der Waals surface area contributed by atoms with Gasteiger partial charge in [0.15, 0.2) is 17.6 Å². The third-order valence-electron chi connectivity index (χ3n) is 9.62. The molecule has 4 unspecified atom stereocenters. The van der Waals surface area contributed by atoms with E-state index in [1.807, 2.05) is 12.1 Å². The van der Waals surface area contributed by atoms with Crippen molar-refractivity contribution in [3.63, 3.8) is 0 Å². The number of carbonyl (C=O) groups is 3. The van der Waals surface area contributed by atoms with Gasteiger partial charge in [-0.15, -0.1) is 0 Å². The molecule has 2 aromatic carbocycles. The Hall–Kier alpha value is -4.25. The van der Waals surface area contributed by atoms with Crippen LogP contribution < -0.4 is 14.5 Å². The number of alkyl halides is 2. The molecule has 0 bridgehead atoms. The highest BCUT2D eigenvalue weighted by Crippen LogP contribution is 2.58. The van der Waals surface area contributed by atoms with Crippen LogP contribution in [0.3, 0.4) is 0 Å². The third-order valence-corrected chi connectivity index (χ3v) is 9.62. The monoisotopic (exact) mass is 591 g/mol. The van der Waals surface area contributed by atoms with Crippen molar-refractivity contribution in [2.45, 2.75) is 62.2 Å². The number of methoxy groups -OCH3 is 1. The predicted octanol–water partition coefficient (Wildman–Crippen LogP) is 5.10. The number of hydrogen-bond donors (Lipinski definition) is 0. The molecular weight excluding hydrogens is 561 g/mol. The minimum atomic E-state index is -2.84. The lowest BCUT2D eigenvalue weighted by atomic mass is 9.72. The Morgan fingerprint density at radius 3 is 2.49 bits per heavy atom. The first-order chi connectivity index (χ1) is 20.7. The molecule has 43 heavy (non-hydrogen) atoms. The van der Waals surface area contributed by atoms with E-state index in [1.54, 1.807) is 30.3 Å². The maximum atomic E-state index is 14.8. The zero-order chi connectivity index (χ0) is 30.1.